The summed E-state index contributed by atoms with van der Waals surface area (Å²) < 4.78 is 18.6. The number of carbonyl (C=O) groups excluding carboxylic acids is 2. The molecule has 2 aromatic heterocycles. The van der Waals surface area contributed by atoms with Crippen molar-refractivity contribution >= 4 is 17.6 Å². The molecule has 1 aliphatic rings. The Morgan fingerprint density at radius 3 is 2.57 bits per heavy atom. The summed E-state index contributed by atoms with van der Waals surface area (Å²) in [4.78, 5) is 32.5. The van der Waals surface area contributed by atoms with Crippen LogP contribution < -0.4 is 10.2 Å². The maximum atomic E-state index is 14.0. The molecule has 2 aromatic carbocycles. The average Bonchev–Trinajstić information content (AvgIpc) is 3.61. The first-order valence-electron chi connectivity index (χ1n) is 12.0. The number of anilines is 1. The summed E-state index contributed by atoms with van der Waals surface area (Å²) in [5, 5.41) is 10.2. The van der Waals surface area contributed by atoms with E-state index in [-0.39, 0.29) is 11.7 Å². The number of methoxy groups -OCH3 is 1. The van der Waals surface area contributed by atoms with Crippen molar-refractivity contribution in [2.75, 3.05) is 18.6 Å². The van der Waals surface area contributed by atoms with Gasteiger partial charge in [-0.15, -0.1) is 0 Å². The maximum Gasteiger partial charge on any atom is 0.338 e. The number of aromatic nitrogens is 3. The second-order valence-corrected chi connectivity index (χ2v) is 8.83. The van der Waals surface area contributed by atoms with E-state index >= 15 is 0 Å². The first-order valence-corrected chi connectivity index (χ1v) is 12.0. The van der Waals surface area contributed by atoms with E-state index < -0.39 is 12.0 Å². The summed E-state index contributed by atoms with van der Waals surface area (Å²) in [7, 11) is 1.35. The van der Waals surface area contributed by atoms with Gasteiger partial charge in [0.2, 0.25) is 5.91 Å². The van der Waals surface area contributed by atoms with Gasteiger partial charge in [-0.25, -0.2) is 9.18 Å². The zero-order valence-electron chi connectivity index (χ0n) is 20.3. The van der Waals surface area contributed by atoms with Crippen molar-refractivity contribution in [2.24, 2.45) is 0 Å². The fraction of sp³-hybridized carbons (Fsp3) is 0.214. The predicted molar refractivity (Wildman–Crippen MR) is 136 cm³/mol. The second kappa shape index (κ2) is 10.7. The van der Waals surface area contributed by atoms with Crippen LogP contribution in [0.5, 0.6) is 0 Å². The largest absolute Gasteiger partial charge is 0.465 e. The van der Waals surface area contributed by atoms with Gasteiger partial charge in [-0.05, 0) is 77.6 Å². The highest BCUT2D eigenvalue weighted by Crippen LogP contribution is 2.36. The Labute approximate surface area is 213 Å². The van der Waals surface area contributed by atoms with E-state index in [4.69, 9.17) is 4.74 Å². The molecule has 37 heavy (non-hydrogen) atoms. The first kappa shape index (κ1) is 24.3. The number of benzene rings is 2. The van der Waals surface area contributed by atoms with Gasteiger partial charge in [-0.2, -0.15) is 5.10 Å². The van der Waals surface area contributed by atoms with Gasteiger partial charge in [0.05, 0.1) is 18.7 Å². The van der Waals surface area contributed by atoms with E-state index in [0.29, 0.717) is 37.2 Å². The van der Waals surface area contributed by atoms with E-state index in [1.807, 2.05) is 24.3 Å². The molecule has 2 N–H and O–H groups in total. The molecule has 1 atom stereocenters. The third-order valence-corrected chi connectivity index (χ3v) is 6.54. The number of hydrogen-bond donors (Lipinski definition) is 2. The van der Waals surface area contributed by atoms with Crippen molar-refractivity contribution in [3.63, 3.8) is 0 Å². The lowest BCUT2D eigenvalue weighted by Gasteiger charge is -2.26. The number of esters is 1. The summed E-state index contributed by atoms with van der Waals surface area (Å²) in [5.74, 6) is -0.906. The second-order valence-electron chi connectivity index (χ2n) is 8.83. The normalized spacial score (nSPS) is 13.3. The number of nitrogens with one attached hydrogen (secondary N) is 2. The third kappa shape index (κ3) is 5.26. The minimum atomic E-state index is -0.592. The lowest BCUT2D eigenvalue weighted by atomic mass is 9.97. The molecule has 8 nitrogen and oxygen atoms in total. The molecule has 0 saturated heterocycles. The molecule has 1 amide bonds. The van der Waals surface area contributed by atoms with Crippen molar-refractivity contribution < 1.29 is 18.7 Å². The Hall–Kier alpha value is -4.37. The summed E-state index contributed by atoms with van der Waals surface area (Å²) in [6, 6.07) is 14.8. The summed E-state index contributed by atoms with van der Waals surface area (Å²) in [6.07, 6.45) is 5.92. The number of aromatic amines is 1. The van der Waals surface area contributed by atoms with Gasteiger partial charge in [-0.3, -0.25) is 20.2 Å². The van der Waals surface area contributed by atoms with Gasteiger partial charge in [-0.1, -0.05) is 12.1 Å². The van der Waals surface area contributed by atoms with Crippen molar-refractivity contribution in [2.45, 2.75) is 25.4 Å². The number of hydrogen-bond acceptors (Lipinski definition) is 6. The number of rotatable bonds is 8. The van der Waals surface area contributed by atoms with Crippen LogP contribution in [0, 0.1) is 5.82 Å². The molecule has 0 aliphatic carbocycles. The van der Waals surface area contributed by atoms with Crippen LogP contribution in [0.1, 0.15) is 27.2 Å². The van der Waals surface area contributed by atoms with Gasteiger partial charge in [0.25, 0.3) is 0 Å². The number of halogens is 1. The Morgan fingerprint density at radius 1 is 1.08 bits per heavy atom. The van der Waals surface area contributed by atoms with Crippen LogP contribution in [0.3, 0.4) is 0 Å². The number of ether oxygens (including phenoxy) is 1. The molecule has 9 heteroatoms. The zero-order valence-corrected chi connectivity index (χ0v) is 20.3. The van der Waals surface area contributed by atoms with Gasteiger partial charge in [0.15, 0.2) is 0 Å². The zero-order chi connectivity index (χ0) is 25.8. The summed E-state index contributed by atoms with van der Waals surface area (Å²) >= 11 is 0. The smallest absolute Gasteiger partial charge is 0.338 e. The highest BCUT2D eigenvalue weighted by Gasteiger charge is 2.33. The molecule has 0 radical (unpaired) electrons. The Morgan fingerprint density at radius 2 is 1.86 bits per heavy atom. The number of amides is 1. The molecule has 0 fully saturated rings. The van der Waals surface area contributed by atoms with Crippen molar-refractivity contribution in [1.82, 2.24) is 20.5 Å². The monoisotopic (exact) mass is 499 g/mol. The molecular weight excluding hydrogens is 473 g/mol. The maximum absolute atomic E-state index is 14.0. The molecular formula is C28H26FN5O3. The van der Waals surface area contributed by atoms with Crippen molar-refractivity contribution in [3.8, 4) is 11.1 Å². The van der Waals surface area contributed by atoms with Gasteiger partial charge >= 0.3 is 5.97 Å². The Bertz CT molecular complexity index is 1390. The van der Waals surface area contributed by atoms with Crippen LogP contribution in [0.25, 0.3) is 11.1 Å². The minimum Gasteiger partial charge on any atom is -0.465 e. The lowest BCUT2D eigenvalue weighted by Crippen LogP contribution is -2.47. The number of fused-ring (bicyclic) bond motifs is 1. The molecule has 5 rings (SSSR count). The SMILES string of the molecule is COC(=O)c1cc(-c2ccncc2)cc2c1CCN2C(=O)[C@H](Cc1ccc(F)cc1)NCc1ccn[nH]1. The molecule has 4 aromatic rings. The lowest BCUT2D eigenvalue weighted by molar-refractivity contribution is -0.120. The highest BCUT2D eigenvalue weighted by atomic mass is 19.1. The average molecular weight is 500 g/mol. The van der Waals surface area contributed by atoms with Crippen molar-refractivity contribution in [3.05, 3.63) is 101 Å². The van der Waals surface area contributed by atoms with Crippen LogP contribution in [0.4, 0.5) is 10.1 Å². The third-order valence-electron chi connectivity index (χ3n) is 6.54. The topological polar surface area (TPSA) is 100 Å². The Kier molecular flexibility index (Phi) is 7.04. The Balaban J connectivity index is 1.49. The quantitative estimate of drug-likeness (QED) is 0.359. The molecule has 3 heterocycles. The number of carbonyl (C=O) groups is 2. The summed E-state index contributed by atoms with van der Waals surface area (Å²) in [5.41, 5.74) is 5.26. The highest BCUT2D eigenvalue weighted by molar-refractivity contribution is 6.03. The predicted octanol–water partition coefficient (Wildman–Crippen LogP) is 3.69. The number of pyridine rings is 1. The van der Waals surface area contributed by atoms with E-state index in [1.165, 1.54) is 19.2 Å². The molecule has 0 spiro atoms. The van der Waals surface area contributed by atoms with Crippen LogP contribution in [0.2, 0.25) is 0 Å². The van der Waals surface area contributed by atoms with Crippen LogP contribution in [0.15, 0.2) is 73.2 Å². The molecule has 1 aliphatic heterocycles. The number of H-pyrrole nitrogens is 1. The minimum absolute atomic E-state index is 0.134. The fourth-order valence-electron chi connectivity index (χ4n) is 4.64. The van der Waals surface area contributed by atoms with Gasteiger partial charge < -0.3 is 9.64 Å². The van der Waals surface area contributed by atoms with E-state index in [9.17, 15) is 14.0 Å². The van der Waals surface area contributed by atoms with E-state index in [1.54, 1.807) is 41.7 Å². The van der Waals surface area contributed by atoms with Gasteiger partial charge in [0.1, 0.15) is 5.82 Å². The van der Waals surface area contributed by atoms with E-state index in [0.717, 1.165) is 27.9 Å². The molecule has 0 saturated carbocycles. The molecule has 0 unspecified atom stereocenters. The van der Waals surface area contributed by atoms with Crippen LogP contribution in [-0.4, -0.2) is 46.8 Å². The van der Waals surface area contributed by atoms with Crippen LogP contribution >= 0.6 is 0 Å². The molecule has 0 bridgehead atoms. The van der Waals surface area contributed by atoms with E-state index in [2.05, 4.69) is 20.5 Å². The number of nitrogens with zero attached hydrogens (tertiary/aromatic N) is 3. The first-order chi connectivity index (χ1) is 18.0. The van der Waals surface area contributed by atoms with Crippen LogP contribution in [-0.2, 0) is 28.9 Å². The summed E-state index contributed by atoms with van der Waals surface area (Å²) in [6.45, 7) is 0.840. The standard InChI is InChI=1S/C28H26FN5O3/c1-37-28(36)24-15-20(19-6-10-30-11-7-19)16-26-23(24)9-13-34(26)27(35)25(31-17-22-8-12-32-33-22)14-18-2-4-21(29)5-3-18/h2-8,10-12,15-16,25,31H,9,13-14,17H2,1H3,(H,32,33)/t25-/m0/s1. The van der Waals surface area contributed by atoms with Crippen molar-refractivity contribution in [1.29, 1.82) is 0 Å². The molecule has 188 valence electrons. The van der Waals surface area contributed by atoms with Gasteiger partial charge in [0, 0.05) is 43.1 Å². The fourth-order valence-corrected chi connectivity index (χ4v) is 4.64.